The molecule has 0 N–H and O–H groups in total. The molecular formula is C9H11O2. The minimum Gasteiger partial charge on any atom is -0.496 e. The largest absolute Gasteiger partial charge is 0.496 e. The van der Waals surface area contributed by atoms with Crippen molar-refractivity contribution in [3.05, 3.63) is 29.3 Å². The molecule has 2 nitrogen and oxygen atoms in total. The molecule has 1 aromatic rings. The van der Waals surface area contributed by atoms with Crippen LogP contribution < -0.4 is 4.74 Å². The Morgan fingerprint density at radius 1 is 1.45 bits per heavy atom. The summed E-state index contributed by atoms with van der Waals surface area (Å²) in [5.74, 6) is 0.725. The average Bonchev–Trinajstić information content (AvgIpc) is 2.04. The molecule has 0 aliphatic carbocycles. The molecule has 0 atom stereocenters. The van der Waals surface area contributed by atoms with E-state index in [0.29, 0.717) is 0 Å². The zero-order chi connectivity index (χ0) is 8.27. The molecule has 0 heterocycles. The summed E-state index contributed by atoms with van der Waals surface area (Å²) in [6.45, 7) is 1.71. The Hall–Kier alpha value is -1.02. The quantitative estimate of drug-likeness (QED) is 0.635. The van der Waals surface area contributed by atoms with Gasteiger partial charge in [0.05, 0.1) is 7.11 Å². The summed E-state index contributed by atoms with van der Waals surface area (Å²) >= 11 is 0. The van der Waals surface area contributed by atoms with Crippen molar-refractivity contribution < 1.29 is 9.84 Å². The molecule has 0 aliphatic rings. The van der Waals surface area contributed by atoms with E-state index in [1.165, 1.54) is 0 Å². The molecule has 0 aromatic heterocycles. The van der Waals surface area contributed by atoms with E-state index in [1.54, 1.807) is 13.2 Å². The fourth-order valence-electron chi connectivity index (χ4n) is 1.12. The molecule has 0 aliphatic heterocycles. The average molecular weight is 151 g/mol. The normalized spacial score (nSPS) is 9.73. The zero-order valence-electron chi connectivity index (χ0n) is 6.76. The van der Waals surface area contributed by atoms with Gasteiger partial charge in [-0.25, -0.2) is 5.11 Å². The SMILES string of the molecule is COc1c(C)cccc1C[O]. The highest BCUT2D eigenvalue weighted by Gasteiger charge is 2.03. The minimum absolute atomic E-state index is 0.217. The van der Waals surface area contributed by atoms with Gasteiger partial charge in [0.15, 0.2) is 0 Å². The minimum atomic E-state index is -0.217. The second-order valence-corrected chi connectivity index (χ2v) is 2.41. The second kappa shape index (κ2) is 3.39. The van der Waals surface area contributed by atoms with Crippen LogP contribution in [0.1, 0.15) is 11.1 Å². The molecule has 2 heteroatoms. The van der Waals surface area contributed by atoms with Crippen LogP contribution in [0.4, 0.5) is 0 Å². The van der Waals surface area contributed by atoms with Gasteiger partial charge in [-0.2, -0.15) is 0 Å². The van der Waals surface area contributed by atoms with Crippen LogP contribution in [0.15, 0.2) is 18.2 Å². The molecule has 0 bridgehead atoms. The van der Waals surface area contributed by atoms with Crippen LogP contribution in [0.25, 0.3) is 0 Å². The van der Waals surface area contributed by atoms with Crippen LogP contribution >= 0.6 is 0 Å². The van der Waals surface area contributed by atoms with Crippen molar-refractivity contribution in [3.63, 3.8) is 0 Å². The van der Waals surface area contributed by atoms with E-state index in [1.807, 2.05) is 19.1 Å². The molecule has 11 heavy (non-hydrogen) atoms. The van der Waals surface area contributed by atoms with Crippen LogP contribution in [0.5, 0.6) is 5.75 Å². The van der Waals surface area contributed by atoms with Crippen LogP contribution in [-0.2, 0) is 11.7 Å². The van der Waals surface area contributed by atoms with Crippen LogP contribution in [0.3, 0.4) is 0 Å². The van der Waals surface area contributed by atoms with Crippen LogP contribution in [0.2, 0.25) is 0 Å². The first-order valence-corrected chi connectivity index (χ1v) is 3.50. The van der Waals surface area contributed by atoms with E-state index >= 15 is 0 Å². The van der Waals surface area contributed by atoms with Crippen molar-refractivity contribution in [2.75, 3.05) is 7.11 Å². The molecule has 0 saturated heterocycles. The van der Waals surface area contributed by atoms with Crippen molar-refractivity contribution in [2.45, 2.75) is 13.5 Å². The van der Waals surface area contributed by atoms with Gasteiger partial charge < -0.3 is 4.74 Å². The molecule has 0 spiro atoms. The molecule has 0 amide bonds. The maximum Gasteiger partial charge on any atom is 0.127 e. The Morgan fingerprint density at radius 3 is 2.64 bits per heavy atom. The van der Waals surface area contributed by atoms with Gasteiger partial charge in [0.2, 0.25) is 0 Å². The molecule has 1 aromatic carbocycles. The van der Waals surface area contributed by atoms with Gasteiger partial charge in [-0.15, -0.1) is 0 Å². The Kier molecular flexibility index (Phi) is 2.49. The molecule has 59 valence electrons. The third-order valence-corrected chi connectivity index (χ3v) is 1.65. The van der Waals surface area contributed by atoms with Gasteiger partial charge in [-0.05, 0) is 12.5 Å². The van der Waals surface area contributed by atoms with Gasteiger partial charge in [0, 0.05) is 5.56 Å². The molecule has 0 saturated carbocycles. The number of para-hydroxylation sites is 1. The summed E-state index contributed by atoms with van der Waals surface area (Å²) in [5.41, 5.74) is 1.74. The van der Waals surface area contributed by atoms with Gasteiger partial charge in [-0.3, -0.25) is 0 Å². The molecular weight excluding hydrogens is 140 g/mol. The number of hydrogen-bond acceptors (Lipinski definition) is 1. The fourth-order valence-corrected chi connectivity index (χ4v) is 1.12. The van der Waals surface area contributed by atoms with Crippen molar-refractivity contribution in [3.8, 4) is 5.75 Å². The fraction of sp³-hybridized carbons (Fsp3) is 0.333. The third kappa shape index (κ3) is 1.52. The maximum atomic E-state index is 10.6. The van der Waals surface area contributed by atoms with E-state index < -0.39 is 0 Å². The summed E-state index contributed by atoms with van der Waals surface area (Å²) in [4.78, 5) is 0. The van der Waals surface area contributed by atoms with Gasteiger partial charge in [0.25, 0.3) is 0 Å². The summed E-state index contributed by atoms with van der Waals surface area (Å²) < 4.78 is 5.07. The Labute approximate surface area is 66.4 Å². The molecule has 0 unspecified atom stereocenters. The van der Waals surface area contributed by atoms with Gasteiger partial charge >= 0.3 is 0 Å². The molecule has 1 rings (SSSR count). The van der Waals surface area contributed by atoms with Crippen molar-refractivity contribution in [1.82, 2.24) is 0 Å². The highest BCUT2D eigenvalue weighted by atomic mass is 16.5. The second-order valence-electron chi connectivity index (χ2n) is 2.41. The number of rotatable bonds is 2. The van der Waals surface area contributed by atoms with Crippen LogP contribution in [0, 0.1) is 6.92 Å². The van der Waals surface area contributed by atoms with Crippen molar-refractivity contribution in [2.24, 2.45) is 0 Å². The Bertz CT molecular complexity index is 243. The summed E-state index contributed by atoms with van der Waals surface area (Å²) in [5, 5.41) is 10.6. The number of ether oxygens (including phenoxy) is 1. The zero-order valence-corrected chi connectivity index (χ0v) is 6.76. The lowest BCUT2D eigenvalue weighted by molar-refractivity contribution is 0.174. The van der Waals surface area contributed by atoms with Crippen molar-refractivity contribution in [1.29, 1.82) is 0 Å². The Morgan fingerprint density at radius 2 is 2.18 bits per heavy atom. The van der Waals surface area contributed by atoms with E-state index in [-0.39, 0.29) is 6.61 Å². The highest BCUT2D eigenvalue weighted by molar-refractivity contribution is 5.40. The highest BCUT2D eigenvalue weighted by Crippen LogP contribution is 2.22. The third-order valence-electron chi connectivity index (χ3n) is 1.65. The topological polar surface area (TPSA) is 29.1 Å². The van der Waals surface area contributed by atoms with Crippen LogP contribution in [-0.4, -0.2) is 7.11 Å². The summed E-state index contributed by atoms with van der Waals surface area (Å²) in [6.07, 6.45) is 0. The Balaban J connectivity index is 3.13. The lowest BCUT2D eigenvalue weighted by Gasteiger charge is -2.07. The number of methoxy groups -OCH3 is 1. The van der Waals surface area contributed by atoms with Gasteiger partial charge in [0.1, 0.15) is 12.4 Å². The first-order valence-electron chi connectivity index (χ1n) is 3.50. The van der Waals surface area contributed by atoms with E-state index in [2.05, 4.69) is 0 Å². The number of hydrogen-bond donors (Lipinski definition) is 0. The lowest BCUT2D eigenvalue weighted by Crippen LogP contribution is -1.93. The first-order chi connectivity index (χ1) is 5.29. The maximum absolute atomic E-state index is 10.6. The van der Waals surface area contributed by atoms with Crippen molar-refractivity contribution >= 4 is 0 Å². The summed E-state index contributed by atoms with van der Waals surface area (Å²) in [7, 11) is 1.58. The molecule has 0 fully saturated rings. The van der Waals surface area contributed by atoms with E-state index in [4.69, 9.17) is 4.74 Å². The van der Waals surface area contributed by atoms with E-state index in [9.17, 15) is 5.11 Å². The smallest absolute Gasteiger partial charge is 0.127 e. The number of aryl methyl sites for hydroxylation is 1. The predicted molar refractivity (Wildman–Crippen MR) is 42.1 cm³/mol. The lowest BCUT2D eigenvalue weighted by atomic mass is 10.1. The predicted octanol–water partition coefficient (Wildman–Crippen LogP) is 1.93. The van der Waals surface area contributed by atoms with Gasteiger partial charge in [-0.1, -0.05) is 18.2 Å². The summed E-state index contributed by atoms with van der Waals surface area (Å²) in [6, 6.07) is 5.59. The van der Waals surface area contributed by atoms with E-state index in [0.717, 1.165) is 16.9 Å². The molecule has 1 radical (unpaired) electrons. The number of benzene rings is 1. The first kappa shape index (κ1) is 8.08. The monoisotopic (exact) mass is 151 g/mol. The standard InChI is InChI=1S/C9H11O2/c1-7-4-3-5-8(6-10)9(7)11-2/h3-5H,6H2,1-2H3.